The largest absolute Gasteiger partial charge is 0.383 e. The fraction of sp³-hybridized carbons (Fsp3) is 0.438. The van der Waals surface area contributed by atoms with Gasteiger partial charge in [-0.15, -0.1) is 0 Å². The van der Waals surface area contributed by atoms with Crippen LogP contribution >= 0.6 is 0 Å². The second-order valence-corrected chi connectivity index (χ2v) is 5.93. The third-order valence-corrected chi connectivity index (χ3v) is 4.35. The second kappa shape index (κ2) is 3.86. The molecule has 2 saturated carbocycles. The molecule has 4 rings (SSSR count). The van der Waals surface area contributed by atoms with Gasteiger partial charge in [-0.3, -0.25) is 0 Å². The number of nitrogen functional groups attached to an aromatic ring is 1. The summed E-state index contributed by atoms with van der Waals surface area (Å²) in [6, 6.07) is 8.81. The van der Waals surface area contributed by atoms with Crippen LogP contribution < -0.4 is 5.73 Å². The van der Waals surface area contributed by atoms with Gasteiger partial charge in [-0.05, 0) is 37.2 Å². The number of benzene rings is 1. The van der Waals surface area contributed by atoms with Crippen molar-refractivity contribution < 1.29 is 0 Å². The molecule has 0 saturated heterocycles. The standard InChI is InChI=1S/C16H19N3/c1-19-15(17)14(18-16(19)13-8-9-13)12-6-4-11(5-7-12)10-2-3-10/h4-7,10,13H,2-3,8-9,17H2,1H3. The van der Waals surface area contributed by atoms with E-state index < -0.39 is 0 Å². The lowest BCUT2D eigenvalue weighted by atomic mass is 10.1. The highest BCUT2D eigenvalue weighted by molar-refractivity contribution is 5.71. The molecule has 0 spiro atoms. The molecule has 98 valence electrons. The van der Waals surface area contributed by atoms with E-state index >= 15 is 0 Å². The third kappa shape index (κ3) is 1.84. The fourth-order valence-electron chi connectivity index (χ4n) is 2.78. The summed E-state index contributed by atoms with van der Waals surface area (Å²) in [5.41, 5.74) is 9.76. The predicted octanol–water partition coefficient (Wildman–Crippen LogP) is 3.42. The van der Waals surface area contributed by atoms with Crippen LogP contribution in [0.5, 0.6) is 0 Å². The summed E-state index contributed by atoms with van der Waals surface area (Å²) < 4.78 is 2.06. The van der Waals surface area contributed by atoms with Crippen molar-refractivity contribution in [2.24, 2.45) is 7.05 Å². The molecule has 0 aliphatic heterocycles. The summed E-state index contributed by atoms with van der Waals surface area (Å²) in [5.74, 6) is 3.38. The molecular formula is C16H19N3. The maximum absolute atomic E-state index is 6.21. The smallest absolute Gasteiger partial charge is 0.131 e. The molecule has 19 heavy (non-hydrogen) atoms. The molecule has 2 aliphatic rings. The Morgan fingerprint density at radius 3 is 2.26 bits per heavy atom. The van der Waals surface area contributed by atoms with Gasteiger partial charge in [0, 0.05) is 18.5 Å². The molecule has 2 N–H and O–H groups in total. The normalized spacial score (nSPS) is 18.8. The molecule has 0 unspecified atom stereocenters. The molecule has 2 aliphatic carbocycles. The average Bonchev–Trinajstić information content (AvgIpc) is 3.31. The van der Waals surface area contributed by atoms with Gasteiger partial charge in [0.2, 0.25) is 0 Å². The van der Waals surface area contributed by atoms with Crippen molar-refractivity contribution in [3.8, 4) is 11.3 Å². The van der Waals surface area contributed by atoms with E-state index in [1.807, 2.05) is 7.05 Å². The van der Waals surface area contributed by atoms with E-state index in [1.165, 1.54) is 31.2 Å². The number of nitrogens with zero attached hydrogens (tertiary/aromatic N) is 2. The van der Waals surface area contributed by atoms with E-state index in [0.717, 1.165) is 28.8 Å². The van der Waals surface area contributed by atoms with Crippen molar-refractivity contribution >= 4 is 5.82 Å². The van der Waals surface area contributed by atoms with E-state index in [2.05, 4.69) is 28.8 Å². The van der Waals surface area contributed by atoms with Crippen LogP contribution in [0.4, 0.5) is 5.82 Å². The van der Waals surface area contributed by atoms with Crippen molar-refractivity contribution in [3.63, 3.8) is 0 Å². The number of aromatic nitrogens is 2. The molecular weight excluding hydrogens is 234 g/mol. The van der Waals surface area contributed by atoms with Crippen LogP contribution in [0, 0.1) is 0 Å². The summed E-state index contributed by atoms with van der Waals surface area (Å²) in [6.45, 7) is 0. The summed E-state index contributed by atoms with van der Waals surface area (Å²) >= 11 is 0. The minimum absolute atomic E-state index is 0.631. The Morgan fingerprint density at radius 2 is 1.68 bits per heavy atom. The molecule has 0 radical (unpaired) electrons. The highest BCUT2D eigenvalue weighted by Gasteiger charge is 2.30. The molecule has 1 heterocycles. The molecule has 1 aromatic heterocycles. The van der Waals surface area contributed by atoms with Gasteiger partial charge in [-0.2, -0.15) is 0 Å². The van der Waals surface area contributed by atoms with Crippen LogP contribution in [-0.2, 0) is 7.05 Å². The summed E-state index contributed by atoms with van der Waals surface area (Å²) in [5, 5.41) is 0. The SMILES string of the molecule is Cn1c(C2CC2)nc(-c2ccc(C3CC3)cc2)c1N. The highest BCUT2D eigenvalue weighted by atomic mass is 15.1. The summed E-state index contributed by atoms with van der Waals surface area (Å²) in [6.07, 6.45) is 5.20. The highest BCUT2D eigenvalue weighted by Crippen LogP contribution is 2.43. The van der Waals surface area contributed by atoms with Gasteiger partial charge >= 0.3 is 0 Å². The zero-order valence-corrected chi connectivity index (χ0v) is 11.3. The second-order valence-electron chi connectivity index (χ2n) is 5.93. The molecule has 0 bridgehead atoms. The van der Waals surface area contributed by atoms with Crippen LogP contribution in [0.3, 0.4) is 0 Å². The van der Waals surface area contributed by atoms with Crippen molar-refractivity contribution in [1.29, 1.82) is 0 Å². The van der Waals surface area contributed by atoms with E-state index in [9.17, 15) is 0 Å². The van der Waals surface area contributed by atoms with E-state index in [1.54, 1.807) is 0 Å². The topological polar surface area (TPSA) is 43.8 Å². The third-order valence-electron chi connectivity index (χ3n) is 4.35. The minimum atomic E-state index is 0.631. The number of imidazole rings is 1. The van der Waals surface area contributed by atoms with Crippen molar-refractivity contribution in [3.05, 3.63) is 35.7 Å². The first-order chi connectivity index (χ1) is 9.24. The van der Waals surface area contributed by atoms with Gasteiger partial charge in [0.1, 0.15) is 17.3 Å². The van der Waals surface area contributed by atoms with Gasteiger partial charge in [0.25, 0.3) is 0 Å². The Hall–Kier alpha value is -1.77. The van der Waals surface area contributed by atoms with E-state index in [0.29, 0.717) is 5.92 Å². The Bertz CT molecular complexity index is 616. The van der Waals surface area contributed by atoms with Crippen LogP contribution in [0.25, 0.3) is 11.3 Å². The monoisotopic (exact) mass is 253 g/mol. The number of nitrogens with two attached hydrogens (primary N) is 1. The Kier molecular flexibility index (Phi) is 2.25. The number of hydrogen-bond donors (Lipinski definition) is 1. The zero-order chi connectivity index (χ0) is 13.0. The Labute approximate surface area is 113 Å². The summed E-state index contributed by atoms with van der Waals surface area (Å²) in [7, 11) is 2.03. The summed E-state index contributed by atoms with van der Waals surface area (Å²) in [4.78, 5) is 4.77. The zero-order valence-electron chi connectivity index (χ0n) is 11.3. The molecule has 2 aromatic rings. The average molecular weight is 253 g/mol. The van der Waals surface area contributed by atoms with Crippen LogP contribution in [0.15, 0.2) is 24.3 Å². The molecule has 2 fully saturated rings. The molecule has 0 atom stereocenters. The lowest BCUT2D eigenvalue weighted by Gasteiger charge is -2.02. The quantitative estimate of drug-likeness (QED) is 0.910. The Balaban J connectivity index is 1.72. The van der Waals surface area contributed by atoms with E-state index in [-0.39, 0.29) is 0 Å². The fourth-order valence-corrected chi connectivity index (χ4v) is 2.78. The lowest BCUT2D eigenvalue weighted by Crippen LogP contribution is -2.00. The minimum Gasteiger partial charge on any atom is -0.383 e. The number of anilines is 1. The lowest BCUT2D eigenvalue weighted by molar-refractivity contribution is 0.807. The van der Waals surface area contributed by atoms with Gasteiger partial charge in [0.15, 0.2) is 0 Å². The van der Waals surface area contributed by atoms with Crippen LogP contribution in [-0.4, -0.2) is 9.55 Å². The van der Waals surface area contributed by atoms with Crippen molar-refractivity contribution in [2.45, 2.75) is 37.5 Å². The molecule has 3 nitrogen and oxygen atoms in total. The first-order valence-corrected chi connectivity index (χ1v) is 7.16. The predicted molar refractivity (Wildman–Crippen MR) is 77.0 cm³/mol. The van der Waals surface area contributed by atoms with Gasteiger partial charge in [0.05, 0.1) is 0 Å². The molecule has 3 heteroatoms. The van der Waals surface area contributed by atoms with Gasteiger partial charge in [-0.25, -0.2) is 4.98 Å². The first kappa shape index (κ1) is 11.1. The maximum atomic E-state index is 6.21. The first-order valence-electron chi connectivity index (χ1n) is 7.16. The van der Waals surface area contributed by atoms with Crippen LogP contribution in [0.1, 0.15) is 48.9 Å². The van der Waals surface area contributed by atoms with Crippen molar-refractivity contribution in [2.75, 3.05) is 5.73 Å². The van der Waals surface area contributed by atoms with Crippen molar-refractivity contribution in [1.82, 2.24) is 9.55 Å². The molecule has 0 amide bonds. The molecule has 1 aromatic carbocycles. The number of hydrogen-bond acceptors (Lipinski definition) is 2. The number of rotatable bonds is 3. The van der Waals surface area contributed by atoms with Gasteiger partial charge in [-0.1, -0.05) is 24.3 Å². The maximum Gasteiger partial charge on any atom is 0.131 e. The Morgan fingerprint density at radius 1 is 1.05 bits per heavy atom. The van der Waals surface area contributed by atoms with Crippen LogP contribution in [0.2, 0.25) is 0 Å². The van der Waals surface area contributed by atoms with Gasteiger partial charge < -0.3 is 10.3 Å². The van der Waals surface area contributed by atoms with E-state index in [4.69, 9.17) is 10.7 Å².